The maximum Gasteiger partial charge on any atom is 0.367 e. The van der Waals surface area contributed by atoms with Gasteiger partial charge < -0.3 is 25.2 Å². The summed E-state index contributed by atoms with van der Waals surface area (Å²) in [4.78, 5) is 10.7. The van der Waals surface area contributed by atoms with Gasteiger partial charge in [0.05, 0.1) is 6.61 Å². The lowest BCUT2D eigenvalue weighted by Gasteiger charge is -2.19. The monoisotopic (exact) mass is 466 g/mol. The molecule has 1 aromatic rings. The molecule has 1 fully saturated rings. The van der Waals surface area contributed by atoms with Gasteiger partial charge in [0, 0.05) is 4.47 Å². The van der Waals surface area contributed by atoms with Crippen LogP contribution in [0.4, 0.5) is 0 Å². The fraction of sp³-hybridized carbons (Fsp3) is 0.455. The molecule has 1 aliphatic rings. The van der Waals surface area contributed by atoms with Crippen LogP contribution in [0.3, 0.4) is 0 Å². The van der Waals surface area contributed by atoms with E-state index in [4.69, 9.17) is 9.84 Å². The van der Waals surface area contributed by atoms with Crippen LogP contribution in [0.15, 0.2) is 58.8 Å². The molecule has 1 saturated carbocycles. The van der Waals surface area contributed by atoms with Crippen LogP contribution in [0.5, 0.6) is 5.75 Å². The number of hydrogen-bond donors (Lipinski definition) is 4. The first-order valence-electron chi connectivity index (χ1n) is 9.63. The predicted octanol–water partition coefficient (Wildman–Crippen LogP) is 3.42. The summed E-state index contributed by atoms with van der Waals surface area (Å²) < 4.78 is 6.72. The van der Waals surface area contributed by atoms with Crippen molar-refractivity contribution in [3.8, 4) is 5.75 Å². The number of carboxylic acid groups (broad SMARTS) is 1. The number of aliphatic hydroxyl groups is 3. The van der Waals surface area contributed by atoms with Gasteiger partial charge in [-0.15, -0.1) is 5.73 Å². The molecule has 1 aliphatic carbocycles. The zero-order chi connectivity index (χ0) is 21.3. The Morgan fingerprint density at radius 3 is 2.72 bits per heavy atom. The summed E-state index contributed by atoms with van der Waals surface area (Å²) in [5, 5.41) is 36.6. The van der Waals surface area contributed by atoms with Crippen LogP contribution in [0, 0.1) is 11.8 Å². The van der Waals surface area contributed by atoms with Crippen molar-refractivity contribution in [3.05, 3.63) is 58.8 Å². The van der Waals surface area contributed by atoms with Crippen LogP contribution in [-0.2, 0) is 4.79 Å². The second kappa shape index (κ2) is 11.3. The lowest BCUT2D eigenvalue weighted by atomic mass is 9.92. The highest BCUT2D eigenvalue weighted by Crippen LogP contribution is 2.35. The lowest BCUT2D eigenvalue weighted by Crippen LogP contribution is -2.48. The third kappa shape index (κ3) is 7.46. The number of ether oxygens (including phenoxy) is 1. The van der Waals surface area contributed by atoms with E-state index in [1.54, 1.807) is 6.08 Å². The molecule has 158 valence electrons. The van der Waals surface area contributed by atoms with Crippen molar-refractivity contribution < 1.29 is 30.0 Å². The highest BCUT2D eigenvalue weighted by Gasteiger charge is 2.40. The van der Waals surface area contributed by atoms with Crippen molar-refractivity contribution in [2.45, 2.75) is 44.0 Å². The van der Waals surface area contributed by atoms with Crippen LogP contribution in [0.25, 0.3) is 0 Å². The van der Waals surface area contributed by atoms with Gasteiger partial charge in [-0.1, -0.05) is 34.5 Å². The first-order valence-corrected chi connectivity index (χ1v) is 10.4. The summed E-state index contributed by atoms with van der Waals surface area (Å²) in [6.45, 7) is 0.615. The van der Waals surface area contributed by atoms with E-state index in [-0.39, 0.29) is 0 Å². The van der Waals surface area contributed by atoms with Gasteiger partial charge in [0.1, 0.15) is 11.9 Å². The van der Waals surface area contributed by atoms with Gasteiger partial charge in [0.2, 0.25) is 0 Å². The second-order valence-electron chi connectivity index (χ2n) is 7.12. The van der Waals surface area contributed by atoms with E-state index in [1.807, 2.05) is 24.3 Å². The summed E-state index contributed by atoms with van der Waals surface area (Å²) in [5.74, 6) is -3.37. The van der Waals surface area contributed by atoms with Gasteiger partial charge in [-0.05, 0) is 73.9 Å². The molecule has 0 saturated heterocycles. The van der Waals surface area contributed by atoms with Crippen molar-refractivity contribution in [3.63, 3.8) is 0 Å². The number of carbonyl (C=O) groups is 1. The summed E-state index contributed by atoms with van der Waals surface area (Å²) in [6, 6.07) is 7.73. The van der Waals surface area contributed by atoms with Crippen LogP contribution in [-0.4, -0.2) is 44.9 Å². The van der Waals surface area contributed by atoms with Crippen molar-refractivity contribution in [1.82, 2.24) is 0 Å². The highest BCUT2D eigenvalue weighted by molar-refractivity contribution is 9.10. The van der Waals surface area contributed by atoms with Gasteiger partial charge in [-0.3, -0.25) is 0 Å². The molecule has 0 spiro atoms. The Labute approximate surface area is 179 Å². The minimum Gasteiger partial charge on any atom is -0.493 e. The van der Waals surface area contributed by atoms with Crippen molar-refractivity contribution in [2.24, 2.45) is 11.8 Å². The maximum atomic E-state index is 10.7. The van der Waals surface area contributed by atoms with E-state index in [0.717, 1.165) is 48.4 Å². The Morgan fingerprint density at radius 2 is 2.03 bits per heavy atom. The fourth-order valence-corrected chi connectivity index (χ4v) is 3.54. The molecule has 0 heterocycles. The molecule has 1 unspecified atom stereocenters. The van der Waals surface area contributed by atoms with Crippen molar-refractivity contribution in [1.29, 1.82) is 0 Å². The van der Waals surface area contributed by atoms with Gasteiger partial charge in [0.25, 0.3) is 5.79 Å². The highest BCUT2D eigenvalue weighted by atomic mass is 79.9. The molecule has 29 heavy (non-hydrogen) atoms. The summed E-state index contributed by atoms with van der Waals surface area (Å²) in [7, 11) is 0. The van der Waals surface area contributed by atoms with E-state index >= 15 is 0 Å². The SMILES string of the molecule is O=C(O)C(O)(O)C(O)C=C=CC[C@H]1CCC[C@@H]1/C=C/CCOc1ccc(Br)cc1. The molecule has 1 aromatic carbocycles. The third-order valence-electron chi connectivity index (χ3n) is 4.99. The minimum atomic E-state index is -3.21. The van der Waals surface area contributed by atoms with Crippen molar-refractivity contribution >= 4 is 21.9 Å². The molecule has 0 aliphatic heterocycles. The summed E-state index contributed by atoms with van der Waals surface area (Å²) in [6.07, 6.45) is 9.98. The average molecular weight is 467 g/mol. The summed E-state index contributed by atoms with van der Waals surface area (Å²) >= 11 is 3.39. The third-order valence-corrected chi connectivity index (χ3v) is 5.52. The molecule has 0 radical (unpaired) electrons. The molecule has 0 bridgehead atoms. The maximum absolute atomic E-state index is 10.7. The van der Waals surface area contributed by atoms with Crippen LogP contribution in [0.2, 0.25) is 0 Å². The Balaban J connectivity index is 1.76. The van der Waals surface area contributed by atoms with Crippen LogP contribution >= 0.6 is 15.9 Å². The number of allylic oxidation sites excluding steroid dienone is 1. The normalized spacial score (nSPS) is 20.3. The van der Waals surface area contributed by atoms with Crippen molar-refractivity contribution in [2.75, 3.05) is 6.61 Å². The van der Waals surface area contributed by atoms with Gasteiger partial charge in [0.15, 0.2) is 0 Å². The van der Waals surface area contributed by atoms with Crippen LogP contribution in [0.1, 0.15) is 32.1 Å². The Bertz CT molecular complexity index is 749. The molecular formula is C22H27BrO6. The molecule has 3 atom stereocenters. The summed E-state index contributed by atoms with van der Waals surface area (Å²) in [5.41, 5.74) is 2.66. The number of benzene rings is 1. The standard InChI is InChI=1S/C22H27BrO6/c23-18-11-13-19(14-12-18)29-15-4-3-7-17-9-5-8-16(17)6-1-2-10-20(24)22(27,28)21(25)26/h1,3,7,10-14,16-17,20,24,27-28H,4-6,8-9,15H2,(H,25,26)/b7-3+/t2?,16-,17-,20?/m0/s1. The smallest absolute Gasteiger partial charge is 0.367 e. The first-order chi connectivity index (χ1) is 13.8. The zero-order valence-corrected chi connectivity index (χ0v) is 17.7. The van der Waals surface area contributed by atoms with E-state index in [0.29, 0.717) is 18.4 Å². The van der Waals surface area contributed by atoms with Gasteiger partial charge in [-0.25, -0.2) is 4.79 Å². The number of carboxylic acids is 1. The predicted molar refractivity (Wildman–Crippen MR) is 112 cm³/mol. The molecule has 7 heteroatoms. The molecule has 6 nitrogen and oxygen atoms in total. The largest absolute Gasteiger partial charge is 0.493 e. The number of rotatable bonds is 10. The minimum absolute atomic E-state index is 0.448. The first kappa shape index (κ1) is 23.4. The van der Waals surface area contributed by atoms with Crippen LogP contribution < -0.4 is 4.74 Å². The number of aliphatic hydroxyl groups excluding tert-OH is 1. The Morgan fingerprint density at radius 1 is 1.31 bits per heavy atom. The van der Waals surface area contributed by atoms with E-state index < -0.39 is 17.9 Å². The zero-order valence-electron chi connectivity index (χ0n) is 16.1. The van der Waals surface area contributed by atoms with E-state index in [2.05, 4.69) is 33.8 Å². The quantitative estimate of drug-likeness (QED) is 0.182. The molecular weight excluding hydrogens is 440 g/mol. The average Bonchev–Trinajstić information content (AvgIpc) is 3.13. The molecule has 0 aromatic heterocycles. The number of halogens is 1. The Kier molecular flexibility index (Phi) is 9.14. The lowest BCUT2D eigenvalue weighted by molar-refractivity contribution is -0.227. The molecule has 0 amide bonds. The number of aliphatic carboxylic acids is 1. The molecule has 2 rings (SSSR count). The van der Waals surface area contributed by atoms with Gasteiger partial charge >= 0.3 is 5.97 Å². The van der Waals surface area contributed by atoms with Gasteiger partial charge in [-0.2, -0.15) is 0 Å². The second-order valence-corrected chi connectivity index (χ2v) is 8.04. The Hall–Kier alpha value is -1.89. The topological polar surface area (TPSA) is 107 Å². The van der Waals surface area contributed by atoms with E-state index in [1.165, 1.54) is 0 Å². The molecule has 4 N–H and O–H groups in total. The van der Waals surface area contributed by atoms with E-state index in [9.17, 15) is 20.1 Å². The fourth-order valence-electron chi connectivity index (χ4n) is 3.28. The number of hydrogen-bond acceptors (Lipinski definition) is 5.